The summed E-state index contributed by atoms with van der Waals surface area (Å²) in [7, 11) is 0. The average molecular weight is 199 g/mol. The molecule has 0 bridgehead atoms. The van der Waals surface area contributed by atoms with E-state index in [9.17, 15) is 0 Å². The van der Waals surface area contributed by atoms with Crippen LogP contribution >= 0.6 is 0 Å². The van der Waals surface area contributed by atoms with Crippen molar-refractivity contribution in [2.24, 2.45) is 5.73 Å². The minimum absolute atomic E-state index is 0.458. The van der Waals surface area contributed by atoms with Gasteiger partial charge in [0.25, 0.3) is 0 Å². The predicted molar refractivity (Wildman–Crippen MR) is 60.1 cm³/mol. The number of hydrogen-bond acceptors (Lipinski definition) is 3. The van der Waals surface area contributed by atoms with Crippen LogP contribution in [0.3, 0.4) is 0 Å². The van der Waals surface area contributed by atoms with Crippen molar-refractivity contribution in [3.05, 3.63) is 47.9 Å². The van der Waals surface area contributed by atoms with Crippen LogP contribution in [-0.4, -0.2) is 9.97 Å². The van der Waals surface area contributed by atoms with Crippen LogP contribution in [0.5, 0.6) is 0 Å². The number of aryl methyl sites for hydroxylation is 1. The number of pyridine rings is 2. The van der Waals surface area contributed by atoms with Gasteiger partial charge in [0.05, 0.1) is 11.4 Å². The maximum Gasteiger partial charge on any atom is 0.0706 e. The van der Waals surface area contributed by atoms with E-state index in [0.29, 0.717) is 6.54 Å². The fourth-order valence-electron chi connectivity index (χ4n) is 1.45. The minimum atomic E-state index is 0.458. The van der Waals surface area contributed by atoms with Gasteiger partial charge in [-0.3, -0.25) is 9.97 Å². The van der Waals surface area contributed by atoms with E-state index < -0.39 is 0 Å². The highest BCUT2D eigenvalue weighted by molar-refractivity contribution is 5.59. The van der Waals surface area contributed by atoms with Gasteiger partial charge in [-0.1, -0.05) is 6.07 Å². The van der Waals surface area contributed by atoms with Gasteiger partial charge in [-0.15, -0.1) is 0 Å². The summed E-state index contributed by atoms with van der Waals surface area (Å²) in [5.41, 5.74) is 9.47. The highest BCUT2D eigenvalue weighted by Crippen LogP contribution is 2.16. The average Bonchev–Trinajstić information content (AvgIpc) is 2.29. The van der Waals surface area contributed by atoms with E-state index in [2.05, 4.69) is 9.97 Å². The zero-order valence-electron chi connectivity index (χ0n) is 8.64. The van der Waals surface area contributed by atoms with Crippen LogP contribution < -0.4 is 5.73 Å². The summed E-state index contributed by atoms with van der Waals surface area (Å²) in [4.78, 5) is 8.60. The van der Waals surface area contributed by atoms with E-state index in [4.69, 9.17) is 5.73 Å². The molecule has 0 atom stereocenters. The molecular formula is C12H13N3. The molecule has 76 valence electrons. The molecule has 2 aromatic rings. The number of rotatable bonds is 2. The summed E-state index contributed by atoms with van der Waals surface area (Å²) in [6.07, 6.45) is 1.77. The van der Waals surface area contributed by atoms with E-state index in [0.717, 1.165) is 22.6 Å². The van der Waals surface area contributed by atoms with E-state index in [-0.39, 0.29) is 0 Å². The number of nitrogens with zero attached hydrogens (tertiary/aromatic N) is 2. The van der Waals surface area contributed by atoms with Gasteiger partial charge in [0.1, 0.15) is 0 Å². The fraction of sp³-hybridized carbons (Fsp3) is 0.167. The third kappa shape index (κ3) is 2.19. The first-order valence-electron chi connectivity index (χ1n) is 4.88. The number of aromatic nitrogens is 2. The van der Waals surface area contributed by atoms with Crippen LogP contribution in [0.25, 0.3) is 11.3 Å². The highest BCUT2D eigenvalue weighted by Gasteiger charge is 2.00. The van der Waals surface area contributed by atoms with Crippen LogP contribution in [0.4, 0.5) is 0 Å². The lowest BCUT2D eigenvalue weighted by atomic mass is 10.1. The maximum absolute atomic E-state index is 5.54. The van der Waals surface area contributed by atoms with Crippen LogP contribution in [0, 0.1) is 6.92 Å². The molecule has 0 amide bonds. The zero-order valence-corrected chi connectivity index (χ0v) is 8.64. The Labute approximate surface area is 89.0 Å². The number of hydrogen-bond donors (Lipinski definition) is 1. The van der Waals surface area contributed by atoms with E-state index in [1.807, 2.05) is 37.3 Å². The molecule has 0 unspecified atom stereocenters. The van der Waals surface area contributed by atoms with Gasteiger partial charge < -0.3 is 5.73 Å². The zero-order chi connectivity index (χ0) is 10.7. The number of nitrogens with two attached hydrogens (primary N) is 1. The lowest BCUT2D eigenvalue weighted by Crippen LogP contribution is -1.99. The van der Waals surface area contributed by atoms with Gasteiger partial charge in [-0.2, -0.15) is 0 Å². The molecule has 2 aromatic heterocycles. The molecule has 3 nitrogen and oxygen atoms in total. The van der Waals surface area contributed by atoms with Crippen molar-refractivity contribution in [1.82, 2.24) is 9.97 Å². The summed E-state index contributed by atoms with van der Waals surface area (Å²) in [5, 5.41) is 0. The standard InChI is InChI=1S/C12H13N3/c1-9-3-2-4-12(15-9)10-5-6-14-11(7-10)8-13/h2-7H,8,13H2,1H3. The molecule has 0 aromatic carbocycles. The smallest absolute Gasteiger partial charge is 0.0706 e. The predicted octanol–water partition coefficient (Wildman–Crippen LogP) is 1.91. The Morgan fingerprint density at radius 3 is 2.87 bits per heavy atom. The van der Waals surface area contributed by atoms with E-state index in [1.54, 1.807) is 6.20 Å². The van der Waals surface area contributed by atoms with Crippen molar-refractivity contribution in [2.45, 2.75) is 13.5 Å². The Balaban J connectivity index is 2.44. The van der Waals surface area contributed by atoms with Crippen molar-refractivity contribution >= 4 is 0 Å². The van der Waals surface area contributed by atoms with Crippen LogP contribution in [0.1, 0.15) is 11.4 Å². The largest absolute Gasteiger partial charge is 0.325 e. The fourth-order valence-corrected chi connectivity index (χ4v) is 1.45. The molecule has 2 rings (SSSR count). The second-order valence-electron chi connectivity index (χ2n) is 3.40. The molecule has 0 radical (unpaired) electrons. The summed E-state index contributed by atoms with van der Waals surface area (Å²) in [6.45, 7) is 2.44. The van der Waals surface area contributed by atoms with Crippen LogP contribution in [0.15, 0.2) is 36.5 Å². The van der Waals surface area contributed by atoms with Crippen LogP contribution in [0.2, 0.25) is 0 Å². The first kappa shape index (κ1) is 9.80. The van der Waals surface area contributed by atoms with Crippen molar-refractivity contribution in [3.63, 3.8) is 0 Å². The van der Waals surface area contributed by atoms with Gasteiger partial charge in [0.15, 0.2) is 0 Å². The molecule has 3 heteroatoms. The van der Waals surface area contributed by atoms with Crippen molar-refractivity contribution in [2.75, 3.05) is 0 Å². The lowest BCUT2D eigenvalue weighted by Gasteiger charge is -2.03. The Hall–Kier alpha value is -1.74. The molecule has 0 aliphatic heterocycles. The van der Waals surface area contributed by atoms with Crippen molar-refractivity contribution in [3.8, 4) is 11.3 Å². The maximum atomic E-state index is 5.54. The third-order valence-electron chi connectivity index (χ3n) is 2.21. The monoisotopic (exact) mass is 199 g/mol. The second kappa shape index (κ2) is 4.19. The molecular weight excluding hydrogens is 186 g/mol. The SMILES string of the molecule is Cc1cccc(-c2ccnc(CN)c2)n1. The molecule has 0 spiro atoms. The van der Waals surface area contributed by atoms with Crippen molar-refractivity contribution < 1.29 is 0 Å². The molecule has 0 aliphatic rings. The quantitative estimate of drug-likeness (QED) is 0.803. The van der Waals surface area contributed by atoms with Gasteiger partial charge in [0, 0.05) is 24.0 Å². The molecule has 15 heavy (non-hydrogen) atoms. The first-order valence-corrected chi connectivity index (χ1v) is 4.88. The summed E-state index contributed by atoms with van der Waals surface area (Å²) in [5.74, 6) is 0. The van der Waals surface area contributed by atoms with Gasteiger partial charge in [-0.05, 0) is 31.2 Å². The van der Waals surface area contributed by atoms with Gasteiger partial charge in [-0.25, -0.2) is 0 Å². The third-order valence-corrected chi connectivity index (χ3v) is 2.21. The Kier molecular flexibility index (Phi) is 2.74. The summed E-state index contributed by atoms with van der Waals surface area (Å²) >= 11 is 0. The normalized spacial score (nSPS) is 10.3. The topological polar surface area (TPSA) is 51.8 Å². The Morgan fingerprint density at radius 1 is 1.27 bits per heavy atom. The summed E-state index contributed by atoms with van der Waals surface area (Å²) in [6, 6.07) is 9.89. The first-order chi connectivity index (χ1) is 7.29. The van der Waals surface area contributed by atoms with Gasteiger partial charge in [0.2, 0.25) is 0 Å². The van der Waals surface area contributed by atoms with Gasteiger partial charge >= 0.3 is 0 Å². The summed E-state index contributed by atoms with van der Waals surface area (Å²) < 4.78 is 0. The molecule has 0 fully saturated rings. The minimum Gasteiger partial charge on any atom is -0.325 e. The Morgan fingerprint density at radius 2 is 2.13 bits per heavy atom. The van der Waals surface area contributed by atoms with E-state index >= 15 is 0 Å². The molecule has 0 aliphatic carbocycles. The Bertz CT molecular complexity index is 466. The van der Waals surface area contributed by atoms with Crippen LogP contribution in [-0.2, 0) is 6.54 Å². The lowest BCUT2D eigenvalue weighted by molar-refractivity contribution is 0.990. The molecule has 0 saturated carbocycles. The highest BCUT2D eigenvalue weighted by atomic mass is 14.7. The molecule has 0 saturated heterocycles. The molecule has 2 N–H and O–H groups in total. The molecule has 2 heterocycles. The second-order valence-corrected chi connectivity index (χ2v) is 3.40. The van der Waals surface area contributed by atoms with E-state index in [1.165, 1.54) is 0 Å². The van der Waals surface area contributed by atoms with Crippen molar-refractivity contribution in [1.29, 1.82) is 0 Å².